The minimum absolute atomic E-state index is 0.337. The highest BCUT2D eigenvalue weighted by Gasteiger charge is 2.01. The summed E-state index contributed by atoms with van der Waals surface area (Å²) in [6.45, 7) is 0. The molecule has 0 atom stereocenters. The summed E-state index contributed by atoms with van der Waals surface area (Å²) in [5, 5.41) is 11.8. The molecule has 0 aliphatic carbocycles. The van der Waals surface area contributed by atoms with E-state index in [9.17, 15) is 0 Å². The summed E-state index contributed by atoms with van der Waals surface area (Å²) in [6.07, 6.45) is 8.36. The summed E-state index contributed by atoms with van der Waals surface area (Å²) in [7, 11) is 0. The van der Waals surface area contributed by atoms with E-state index in [1.807, 2.05) is 42.5 Å². The Labute approximate surface area is 127 Å². The molecule has 0 saturated carbocycles. The molecule has 0 amide bonds. The van der Waals surface area contributed by atoms with Crippen LogP contribution in [0.3, 0.4) is 0 Å². The lowest BCUT2D eigenvalue weighted by atomic mass is 10.2. The second kappa shape index (κ2) is 6.94. The second-order valence-corrected chi connectivity index (χ2v) is 4.30. The van der Waals surface area contributed by atoms with Crippen LogP contribution in [0.15, 0.2) is 70.5 Å². The van der Waals surface area contributed by atoms with Gasteiger partial charge in [0.2, 0.25) is 0 Å². The molecule has 0 radical (unpaired) electrons. The van der Waals surface area contributed by atoms with Gasteiger partial charge in [0.25, 0.3) is 5.95 Å². The summed E-state index contributed by atoms with van der Waals surface area (Å²) >= 11 is 0. The molecule has 108 valence electrons. The molecule has 2 aromatic heterocycles. The third-order valence-electron chi connectivity index (χ3n) is 2.76. The molecule has 0 unspecified atom stereocenters. The second-order valence-electron chi connectivity index (χ2n) is 4.30. The Bertz CT molecular complexity index is 766. The van der Waals surface area contributed by atoms with E-state index >= 15 is 0 Å². The molecule has 0 aliphatic heterocycles. The fourth-order valence-corrected chi connectivity index (χ4v) is 1.76. The van der Waals surface area contributed by atoms with Crippen molar-refractivity contribution in [2.45, 2.75) is 0 Å². The summed E-state index contributed by atoms with van der Waals surface area (Å²) < 4.78 is 5.16. The topological polar surface area (TPSA) is 76.2 Å². The Morgan fingerprint density at radius 3 is 2.82 bits per heavy atom. The van der Waals surface area contributed by atoms with Gasteiger partial charge in [-0.15, -0.1) is 5.10 Å². The molecule has 6 heteroatoms. The number of rotatable bonds is 5. The zero-order valence-electron chi connectivity index (χ0n) is 11.6. The summed E-state index contributed by atoms with van der Waals surface area (Å²) in [6, 6.07) is 13.4. The molecular weight excluding hydrogens is 278 g/mol. The van der Waals surface area contributed by atoms with Crippen LogP contribution in [0.2, 0.25) is 0 Å². The van der Waals surface area contributed by atoms with Gasteiger partial charge in [-0.2, -0.15) is 10.2 Å². The Hall–Kier alpha value is -3.28. The standard InChI is InChI=1S/C16H13N5O/c1-2-6-13(7-3-1)15-12-18-21-16(19-15)20-17-10-4-8-14-9-5-11-22-14/h1-12H,(H,19,20,21). The van der Waals surface area contributed by atoms with Crippen LogP contribution in [-0.2, 0) is 0 Å². The number of nitrogens with zero attached hydrogens (tertiary/aromatic N) is 4. The molecule has 0 bridgehead atoms. The zero-order valence-corrected chi connectivity index (χ0v) is 11.6. The highest BCUT2D eigenvalue weighted by Crippen LogP contribution is 2.15. The van der Waals surface area contributed by atoms with Gasteiger partial charge in [-0.1, -0.05) is 30.3 Å². The van der Waals surface area contributed by atoms with Gasteiger partial charge in [0.15, 0.2) is 0 Å². The van der Waals surface area contributed by atoms with Crippen LogP contribution in [0.5, 0.6) is 0 Å². The molecule has 0 fully saturated rings. The third-order valence-corrected chi connectivity index (χ3v) is 2.76. The fourth-order valence-electron chi connectivity index (χ4n) is 1.76. The minimum Gasteiger partial charge on any atom is -0.465 e. The van der Waals surface area contributed by atoms with Gasteiger partial charge in [-0.25, -0.2) is 10.4 Å². The number of hydrogen-bond acceptors (Lipinski definition) is 6. The maximum absolute atomic E-state index is 5.16. The first-order valence-corrected chi connectivity index (χ1v) is 6.66. The van der Waals surface area contributed by atoms with Crippen LogP contribution in [0.25, 0.3) is 17.3 Å². The number of furan rings is 1. The van der Waals surface area contributed by atoms with E-state index in [1.165, 1.54) is 0 Å². The lowest BCUT2D eigenvalue weighted by Gasteiger charge is -2.01. The van der Waals surface area contributed by atoms with Crippen molar-refractivity contribution in [1.29, 1.82) is 0 Å². The van der Waals surface area contributed by atoms with E-state index < -0.39 is 0 Å². The molecule has 3 rings (SSSR count). The molecule has 0 aliphatic rings. The largest absolute Gasteiger partial charge is 0.465 e. The van der Waals surface area contributed by atoms with Crippen LogP contribution in [-0.4, -0.2) is 21.4 Å². The Kier molecular flexibility index (Phi) is 4.32. The first-order chi connectivity index (χ1) is 10.9. The van der Waals surface area contributed by atoms with Crippen molar-refractivity contribution >= 4 is 18.2 Å². The van der Waals surface area contributed by atoms with Crippen LogP contribution < -0.4 is 5.43 Å². The molecule has 1 aromatic carbocycles. The first kappa shape index (κ1) is 13.7. The molecule has 0 saturated heterocycles. The van der Waals surface area contributed by atoms with Gasteiger partial charge in [-0.05, 0) is 24.3 Å². The molecule has 1 N–H and O–H groups in total. The summed E-state index contributed by atoms with van der Waals surface area (Å²) in [4.78, 5) is 4.35. The highest BCUT2D eigenvalue weighted by molar-refractivity contribution is 5.77. The predicted molar refractivity (Wildman–Crippen MR) is 85.1 cm³/mol. The molecule has 2 heterocycles. The van der Waals surface area contributed by atoms with Gasteiger partial charge in [0, 0.05) is 11.8 Å². The van der Waals surface area contributed by atoms with Crippen molar-refractivity contribution in [2.24, 2.45) is 5.10 Å². The average Bonchev–Trinajstić information content (AvgIpc) is 3.09. The van der Waals surface area contributed by atoms with E-state index in [-0.39, 0.29) is 0 Å². The van der Waals surface area contributed by atoms with Crippen LogP contribution in [0.4, 0.5) is 5.95 Å². The number of aromatic nitrogens is 3. The average molecular weight is 291 g/mol. The maximum Gasteiger partial charge on any atom is 0.263 e. The van der Waals surface area contributed by atoms with Gasteiger partial charge >= 0.3 is 0 Å². The van der Waals surface area contributed by atoms with Crippen molar-refractivity contribution in [3.8, 4) is 11.3 Å². The van der Waals surface area contributed by atoms with E-state index in [0.29, 0.717) is 5.95 Å². The lowest BCUT2D eigenvalue weighted by molar-refractivity contribution is 0.557. The van der Waals surface area contributed by atoms with Crippen molar-refractivity contribution in [3.05, 3.63) is 66.8 Å². The Morgan fingerprint density at radius 1 is 1.09 bits per heavy atom. The van der Waals surface area contributed by atoms with Crippen molar-refractivity contribution in [2.75, 3.05) is 5.43 Å². The van der Waals surface area contributed by atoms with E-state index in [2.05, 4.69) is 25.7 Å². The predicted octanol–water partition coefficient (Wildman–Crippen LogP) is 3.24. The number of hydrogen-bond donors (Lipinski definition) is 1. The molecule has 22 heavy (non-hydrogen) atoms. The Balaban J connectivity index is 1.63. The fraction of sp³-hybridized carbons (Fsp3) is 0. The van der Waals surface area contributed by atoms with Crippen molar-refractivity contribution < 1.29 is 4.42 Å². The van der Waals surface area contributed by atoms with Crippen LogP contribution in [0, 0.1) is 0 Å². The van der Waals surface area contributed by atoms with Gasteiger partial charge in [-0.3, -0.25) is 0 Å². The minimum atomic E-state index is 0.337. The summed E-state index contributed by atoms with van der Waals surface area (Å²) in [5.41, 5.74) is 4.45. The number of anilines is 1. The normalized spacial score (nSPS) is 11.3. The quantitative estimate of drug-likeness (QED) is 0.577. The maximum atomic E-state index is 5.16. The van der Waals surface area contributed by atoms with Crippen molar-refractivity contribution in [3.63, 3.8) is 0 Å². The smallest absolute Gasteiger partial charge is 0.263 e. The highest BCUT2D eigenvalue weighted by atomic mass is 16.3. The number of nitrogens with one attached hydrogen (secondary N) is 1. The zero-order chi connectivity index (χ0) is 15.0. The van der Waals surface area contributed by atoms with Gasteiger partial charge in [0.1, 0.15) is 5.76 Å². The Morgan fingerprint density at radius 2 is 2.00 bits per heavy atom. The molecule has 3 aromatic rings. The molecule has 6 nitrogen and oxygen atoms in total. The third kappa shape index (κ3) is 3.63. The molecule has 0 spiro atoms. The van der Waals surface area contributed by atoms with E-state index in [0.717, 1.165) is 17.0 Å². The molecular formula is C16H13N5O. The first-order valence-electron chi connectivity index (χ1n) is 6.66. The number of allylic oxidation sites excluding steroid dienone is 1. The van der Waals surface area contributed by atoms with Crippen LogP contribution in [0.1, 0.15) is 5.76 Å². The van der Waals surface area contributed by atoms with E-state index in [1.54, 1.807) is 30.8 Å². The summed E-state index contributed by atoms with van der Waals surface area (Å²) in [5.74, 6) is 1.10. The lowest BCUT2D eigenvalue weighted by Crippen LogP contribution is -1.99. The van der Waals surface area contributed by atoms with Crippen LogP contribution >= 0.6 is 0 Å². The van der Waals surface area contributed by atoms with Gasteiger partial charge < -0.3 is 4.42 Å². The SMILES string of the molecule is C(=Cc1ccco1)C=NNc1nncc(-c2ccccc2)n1. The van der Waals surface area contributed by atoms with Crippen molar-refractivity contribution in [1.82, 2.24) is 15.2 Å². The van der Waals surface area contributed by atoms with E-state index in [4.69, 9.17) is 4.42 Å². The van der Waals surface area contributed by atoms with Gasteiger partial charge in [0.05, 0.1) is 18.2 Å². The number of hydrazone groups is 1. The monoisotopic (exact) mass is 291 g/mol. The number of benzene rings is 1.